The Bertz CT molecular complexity index is 460. The van der Waals surface area contributed by atoms with Crippen molar-refractivity contribution in [2.45, 2.75) is 19.9 Å². The lowest BCUT2D eigenvalue weighted by Crippen LogP contribution is -2.30. The number of benzene rings is 1. The summed E-state index contributed by atoms with van der Waals surface area (Å²) in [5.41, 5.74) is 0.422. The van der Waals surface area contributed by atoms with Gasteiger partial charge in [-0.05, 0) is 18.5 Å². The van der Waals surface area contributed by atoms with Crippen molar-refractivity contribution < 1.29 is 13.6 Å². The van der Waals surface area contributed by atoms with Crippen LogP contribution < -0.4 is 10.6 Å². The number of hydrogen-bond donors (Lipinski definition) is 2. The Morgan fingerprint density at radius 2 is 2.12 bits per heavy atom. The maximum atomic E-state index is 13.6. The molecule has 5 heteroatoms. The van der Waals surface area contributed by atoms with E-state index < -0.39 is 17.7 Å². The Labute approximate surface area is 98.2 Å². The molecule has 1 amide bonds. The summed E-state index contributed by atoms with van der Waals surface area (Å²) in [5, 5.41) is 5.44. The summed E-state index contributed by atoms with van der Waals surface area (Å²) in [6.07, 6.45) is 0. The van der Waals surface area contributed by atoms with Crippen LogP contribution in [0.1, 0.15) is 25.5 Å². The molecular formula is C12H14F2N2O. The van der Waals surface area contributed by atoms with Crippen LogP contribution in [0, 0.1) is 17.6 Å². The molecule has 1 aromatic rings. The van der Waals surface area contributed by atoms with Crippen LogP contribution in [-0.2, 0) is 4.79 Å². The van der Waals surface area contributed by atoms with E-state index in [2.05, 4.69) is 10.6 Å². The van der Waals surface area contributed by atoms with E-state index in [4.69, 9.17) is 0 Å². The van der Waals surface area contributed by atoms with Gasteiger partial charge in [0, 0.05) is 11.6 Å². The molecule has 1 heterocycles. The van der Waals surface area contributed by atoms with Crippen molar-refractivity contribution >= 4 is 11.6 Å². The number of fused-ring (bicyclic) bond motifs is 1. The molecule has 1 aromatic carbocycles. The van der Waals surface area contributed by atoms with Gasteiger partial charge < -0.3 is 10.6 Å². The molecule has 0 radical (unpaired) electrons. The third-order valence-corrected chi connectivity index (χ3v) is 2.63. The van der Waals surface area contributed by atoms with Crippen LogP contribution in [0.4, 0.5) is 14.5 Å². The first-order valence-electron chi connectivity index (χ1n) is 5.52. The average Bonchev–Trinajstić information content (AvgIpc) is 2.51. The Balaban J connectivity index is 2.30. The number of rotatable bonds is 3. The molecule has 0 saturated carbocycles. The summed E-state index contributed by atoms with van der Waals surface area (Å²) in [7, 11) is 0. The number of carbonyl (C=O) groups excluding carboxylic acids is 1. The highest BCUT2D eigenvalue weighted by atomic mass is 19.1. The second-order valence-corrected chi connectivity index (χ2v) is 4.57. The number of hydrogen-bond acceptors (Lipinski definition) is 2. The van der Waals surface area contributed by atoms with Crippen LogP contribution in [-0.4, -0.2) is 12.5 Å². The molecular weight excluding hydrogens is 226 g/mol. The van der Waals surface area contributed by atoms with Gasteiger partial charge in [-0.2, -0.15) is 0 Å². The van der Waals surface area contributed by atoms with Crippen LogP contribution in [0.5, 0.6) is 0 Å². The van der Waals surface area contributed by atoms with E-state index >= 15 is 0 Å². The quantitative estimate of drug-likeness (QED) is 0.850. The molecule has 17 heavy (non-hydrogen) atoms. The lowest BCUT2D eigenvalue weighted by atomic mass is 10.1. The third kappa shape index (κ3) is 2.29. The fourth-order valence-corrected chi connectivity index (χ4v) is 1.87. The fourth-order valence-electron chi connectivity index (χ4n) is 1.87. The van der Waals surface area contributed by atoms with Crippen molar-refractivity contribution in [3.8, 4) is 0 Å². The zero-order valence-corrected chi connectivity index (χ0v) is 9.68. The molecule has 2 N–H and O–H groups in total. The second-order valence-electron chi connectivity index (χ2n) is 4.57. The predicted octanol–water partition coefficient (Wildman–Crippen LogP) is 2.20. The van der Waals surface area contributed by atoms with Crippen molar-refractivity contribution in [2.75, 3.05) is 11.9 Å². The molecule has 1 unspecified atom stereocenters. The Morgan fingerprint density at radius 3 is 2.76 bits per heavy atom. The number of carbonyl (C=O) groups is 1. The normalized spacial score (nSPS) is 18.4. The van der Waals surface area contributed by atoms with Gasteiger partial charge in [0.1, 0.15) is 17.7 Å². The number of nitrogens with one attached hydrogen (secondary N) is 2. The topological polar surface area (TPSA) is 41.1 Å². The van der Waals surface area contributed by atoms with Gasteiger partial charge in [-0.25, -0.2) is 8.78 Å². The lowest BCUT2D eigenvalue weighted by Gasteiger charge is -2.13. The Kier molecular flexibility index (Phi) is 3.11. The summed E-state index contributed by atoms with van der Waals surface area (Å²) in [4.78, 5) is 11.6. The predicted molar refractivity (Wildman–Crippen MR) is 60.6 cm³/mol. The maximum absolute atomic E-state index is 13.6. The van der Waals surface area contributed by atoms with Crippen molar-refractivity contribution in [2.24, 2.45) is 5.92 Å². The van der Waals surface area contributed by atoms with Crippen LogP contribution >= 0.6 is 0 Å². The standard InChI is InChI=1S/C12H14F2N2O/c1-6(2)5-15-11-10-8(14)3-7(13)4-9(10)16-12(11)17/h3-4,6,11,15H,5H2,1-2H3,(H,16,17). The number of halogens is 2. The monoisotopic (exact) mass is 240 g/mol. The van der Waals surface area contributed by atoms with Gasteiger partial charge in [-0.15, -0.1) is 0 Å². The van der Waals surface area contributed by atoms with Crippen molar-refractivity contribution in [1.29, 1.82) is 0 Å². The highest BCUT2D eigenvalue weighted by Crippen LogP contribution is 2.33. The van der Waals surface area contributed by atoms with Gasteiger partial charge in [-0.1, -0.05) is 13.8 Å². The third-order valence-electron chi connectivity index (χ3n) is 2.63. The largest absolute Gasteiger partial charge is 0.324 e. The van der Waals surface area contributed by atoms with Crippen molar-refractivity contribution in [1.82, 2.24) is 5.32 Å². The molecule has 0 aliphatic carbocycles. The van der Waals surface area contributed by atoms with Gasteiger partial charge in [-0.3, -0.25) is 4.79 Å². The SMILES string of the molecule is CC(C)CNC1C(=O)Nc2cc(F)cc(F)c21. The molecule has 2 rings (SSSR count). The van der Waals surface area contributed by atoms with E-state index in [1.807, 2.05) is 13.8 Å². The molecule has 1 aliphatic heterocycles. The molecule has 0 bridgehead atoms. The maximum Gasteiger partial charge on any atom is 0.246 e. The molecule has 1 aliphatic rings. The Hall–Kier alpha value is -1.49. The minimum Gasteiger partial charge on any atom is -0.324 e. The van der Waals surface area contributed by atoms with Gasteiger partial charge in [0.2, 0.25) is 5.91 Å². The van der Waals surface area contributed by atoms with Gasteiger partial charge in [0.25, 0.3) is 0 Å². The first-order chi connectivity index (χ1) is 7.99. The second kappa shape index (κ2) is 4.41. The Morgan fingerprint density at radius 1 is 1.41 bits per heavy atom. The summed E-state index contributed by atoms with van der Waals surface area (Å²) in [6, 6.07) is 1.20. The van der Waals surface area contributed by atoms with Crippen LogP contribution in [0.2, 0.25) is 0 Å². The van der Waals surface area contributed by atoms with Gasteiger partial charge in [0.05, 0.1) is 5.69 Å². The summed E-state index contributed by atoms with van der Waals surface area (Å²) >= 11 is 0. The van der Waals surface area contributed by atoms with Crippen LogP contribution in [0.3, 0.4) is 0 Å². The van der Waals surface area contributed by atoms with Gasteiger partial charge in [0.15, 0.2) is 0 Å². The lowest BCUT2D eigenvalue weighted by molar-refractivity contribution is -0.117. The molecule has 1 atom stereocenters. The van der Waals surface area contributed by atoms with Crippen molar-refractivity contribution in [3.63, 3.8) is 0 Å². The zero-order chi connectivity index (χ0) is 12.6. The number of amides is 1. The first-order valence-corrected chi connectivity index (χ1v) is 5.52. The number of anilines is 1. The van der Waals surface area contributed by atoms with Crippen LogP contribution in [0.15, 0.2) is 12.1 Å². The van der Waals surface area contributed by atoms with E-state index in [1.54, 1.807) is 0 Å². The summed E-state index contributed by atoms with van der Waals surface area (Å²) in [6.45, 7) is 4.57. The average molecular weight is 240 g/mol. The summed E-state index contributed by atoms with van der Waals surface area (Å²) < 4.78 is 26.6. The van der Waals surface area contributed by atoms with Crippen molar-refractivity contribution in [3.05, 3.63) is 29.3 Å². The van der Waals surface area contributed by atoms with E-state index in [9.17, 15) is 13.6 Å². The van der Waals surface area contributed by atoms with Gasteiger partial charge >= 0.3 is 0 Å². The molecule has 0 aromatic heterocycles. The van der Waals surface area contributed by atoms with Crippen LogP contribution in [0.25, 0.3) is 0 Å². The minimum atomic E-state index is -0.729. The zero-order valence-electron chi connectivity index (χ0n) is 9.68. The molecule has 92 valence electrons. The van der Waals surface area contributed by atoms with E-state index in [0.29, 0.717) is 12.5 Å². The van der Waals surface area contributed by atoms with E-state index in [1.165, 1.54) is 0 Å². The smallest absolute Gasteiger partial charge is 0.246 e. The first kappa shape index (κ1) is 12.0. The summed E-state index contributed by atoms with van der Waals surface area (Å²) in [5.74, 6) is -1.38. The fraction of sp³-hybridized carbons (Fsp3) is 0.417. The highest BCUT2D eigenvalue weighted by molar-refractivity contribution is 6.02. The molecule has 0 saturated heterocycles. The highest BCUT2D eigenvalue weighted by Gasteiger charge is 2.33. The minimum absolute atomic E-state index is 0.206. The molecule has 0 fully saturated rings. The van der Waals surface area contributed by atoms with E-state index in [0.717, 1.165) is 12.1 Å². The molecule has 3 nitrogen and oxygen atoms in total. The van der Waals surface area contributed by atoms with E-state index in [-0.39, 0.29) is 17.2 Å². The molecule has 0 spiro atoms.